The highest BCUT2D eigenvalue weighted by atomic mass is 35.5. The minimum atomic E-state index is -1.24. The maximum absolute atomic E-state index is 13.1. The molecular formula is C27H21ClFN5O5. The number of hydrogen-bond donors (Lipinski definition) is 3. The SMILES string of the molecule is COc1cc2nccc(Oc3ncc(NC(=O)C4(C(=O)Nc5ccc(F)cc5)CC4)cc3Cl)c2cc1C(N)=O. The third-order valence-electron chi connectivity index (χ3n) is 6.28. The minimum absolute atomic E-state index is 0.0359. The van der Waals surface area contributed by atoms with Crippen molar-refractivity contribution in [3.8, 4) is 17.4 Å². The van der Waals surface area contributed by atoms with E-state index in [1.807, 2.05) is 0 Å². The van der Waals surface area contributed by atoms with Crippen molar-refractivity contribution in [2.75, 3.05) is 17.7 Å². The van der Waals surface area contributed by atoms with Crippen LogP contribution in [0, 0.1) is 11.2 Å². The van der Waals surface area contributed by atoms with Gasteiger partial charge in [-0.2, -0.15) is 0 Å². The van der Waals surface area contributed by atoms with Gasteiger partial charge in [0.25, 0.3) is 5.91 Å². The molecule has 1 aliphatic rings. The standard InChI is InChI=1S/C27H21ClFN5O5/c1-38-22-12-20-17(11-18(22)23(30)35)21(6-9-31-20)39-24-19(28)10-16(13-32-24)34-26(37)27(7-8-27)25(36)33-15-4-2-14(29)3-5-15/h2-6,9-13H,7-8H2,1H3,(H2,30,35)(H,33,36)(H,34,37). The number of fused-ring (bicyclic) bond motifs is 1. The van der Waals surface area contributed by atoms with Gasteiger partial charge in [-0.15, -0.1) is 0 Å². The van der Waals surface area contributed by atoms with Crippen molar-refractivity contribution in [3.63, 3.8) is 0 Å². The van der Waals surface area contributed by atoms with Crippen molar-refractivity contribution in [2.24, 2.45) is 11.1 Å². The first-order chi connectivity index (χ1) is 18.7. The summed E-state index contributed by atoms with van der Waals surface area (Å²) in [7, 11) is 1.42. The highest BCUT2D eigenvalue weighted by molar-refractivity contribution is 6.32. The summed E-state index contributed by atoms with van der Waals surface area (Å²) >= 11 is 6.40. The van der Waals surface area contributed by atoms with Crippen LogP contribution in [0.3, 0.4) is 0 Å². The Hall–Kier alpha value is -4.77. The van der Waals surface area contributed by atoms with Crippen LogP contribution in [0.1, 0.15) is 23.2 Å². The summed E-state index contributed by atoms with van der Waals surface area (Å²) in [5.74, 6) is -1.49. The first-order valence-corrected chi connectivity index (χ1v) is 12.1. The van der Waals surface area contributed by atoms with Crippen LogP contribution in [-0.4, -0.2) is 34.8 Å². The van der Waals surface area contributed by atoms with E-state index >= 15 is 0 Å². The molecule has 39 heavy (non-hydrogen) atoms. The van der Waals surface area contributed by atoms with Crippen LogP contribution in [0.5, 0.6) is 17.4 Å². The van der Waals surface area contributed by atoms with Crippen LogP contribution in [0.15, 0.2) is 60.9 Å². The molecular weight excluding hydrogens is 529 g/mol. The van der Waals surface area contributed by atoms with Gasteiger partial charge < -0.3 is 25.8 Å². The number of carbonyl (C=O) groups is 3. The quantitative estimate of drug-likeness (QED) is 0.270. The number of anilines is 2. The Morgan fingerprint density at radius 3 is 2.28 bits per heavy atom. The molecule has 4 N–H and O–H groups in total. The second kappa shape index (κ2) is 10.2. The predicted molar refractivity (Wildman–Crippen MR) is 141 cm³/mol. The minimum Gasteiger partial charge on any atom is -0.496 e. The molecule has 0 saturated heterocycles. The molecule has 1 fully saturated rings. The van der Waals surface area contributed by atoms with Gasteiger partial charge in [0, 0.05) is 23.3 Å². The summed E-state index contributed by atoms with van der Waals surface area (Å²) in [4.78, 5) is 46.1. The number of nitrogens with zero attached hydrogens (tertiary/aromatic N) is 2. The van der Waals surface area contributed by atoms with Crippen LogP contribution < -0.4 is 25.8 Å². The lowest BCUT2D eigenvalue weighted by atomic mass is 10.0. The molecule has 4 aromatic rings. The number of methoxy groups -OCH3 is 1. The molecule has 1 saturated carbocycles. The molecule has 2 aromatic heterocycles. The average molecular weight is 550 g/mol. The fourth-order valence-corrected chi connectivity index (χ4v) is 4.19. The van der Waals surface area contributed by atoms with Gasteiger partial charge >= 0.3 is 0 Å². The Morgan fingerprint density at radius 2 is 1.67 bits per heavy atom. The van der Waals surface area contributed by atoms with Crippen molar-refractivity contribution < 1.29 is 28.2 Å². The number of hydrogen-bond acceptors (Lipinski definition) is 7. The third-order valence-corrected chi connectivity index (χ3v) is 6.55. The smallest absolute Gasteiger partial charge is 0.252 e. The molecule has 3 amide bonds. The van der Waals surface area contributed by atoms with E-state index in [1.165, 1.54) is 55.9 Å². The Kier molecular flexibility index (Phi) is 6.75. The molecule has 10 nitrogen and oxygen atoms in total. The van der Waals surface area contributed by atoms with Gasteiger partial charge in [0.05, 0.1) is 30.1 Å². The second-order valence-corrected chi connectivity index (χ2v) is 9.26. The largest absolute Gasteiger partial charge is 0.496 e. The van der Waals surface area contributed by atoms with E-state index < -0.39 is 29.0 Å². The van der Waals surface area contributed by atoms with E-state index in [0.29, 0.717) is 35.2 Å². The van der Waals surface area contributed by atoms with Crippen LogP contribution >= 0.6 is 11.6 Å². The topological polar surface area (TPSA) is 146 Å². The van der Waals surface area contributed by atoms with Crippen LogP contribution in [-0.2, 0) is 9.59 Å². The van der Waals surface area contributed by atoms with E-state index in [0.717, 1.165) is 0 Å². The lowest BCUT2D eigenvalue weighted by Gasteiger charge is -2.16. The second-order valence-electron chi connectivity index (χ2n) is 8.85. The van der Waals surface area contributed by atoms with Gasteiger partial charge in [-0.05, 0) is 55.3 Å². The van der Waals surface area contributed by atoms with Gasteiger partial charge in [0.1, 0.15) is 27.8 Å². The van der Waals surface area contributed by atoms with E-state index in [-0.39, 0.29) is 27.9 Å². The van der Waals surface area contributed by atoms with Crippen LogP contribution in [0.2, 0.25) is 5.02 Å². The number of benzene rings is 2. The Balaban J connectivity index is 1.32. The number of rotatable bonds is 8. The number of halogens is 2. The van der Waals surface area contributed by atoms with Crippen molar-refractivity contribution in [2.45, 2.75) is 12.8 Å². The lowest BCUT2D eigenvalue weighted by molar-refractivity contribution is -0.131. The molecule has 0 spiro atoms. The first kappa shape index (κ1) is 25.9. The normalized spacial score (nSPS) is 13.4. The third kappa shape index (κ3) is 5.16. The Bertz CT molecular complexity index is 1630. The van der Waals surface area contributed by atoms with E-state index in [9.17, 15) is 18.8 Å². The van der Waals surface area contributed by atoms with E-state index in [1.54, 1.807) is 12.1 Å². The molecule has 2 aromatic carbocycles. The van der Waals surface area contributed by atoms with Crippen LogP contribution in [0.4, 0.5) is 15.8 Å². The summed E-state index contributed by atoms with van der Waals surface area (Å²) in [6.45, 7) is 0. The zero-order valence-corrected chi connectivity index (χ0v) is 21.2. The monoisotopic (exact) mass is 549 g/mol. The van der Waals surface area contributed by atoms with E-state index in [4.69, 9.17) is 26.8 Å². The van der Waals surface area contributed by atoms with Gasteiger partial charge in [-0.25, -0.2) is 9.37 Å². The number of pyridine rings is 2. The van der Waals surface area contributed by atoms with Gasteiger partial charge in [-0.3, -0.25) is 19.4 Å². The number of ether oxygens (including phenoxy) is 2. The van der Waals surface area contributed by atoms with Gasteiger partial charge in [-0.1, -0.05) is 11.6 Å². The first-order valence-electron chi connectivity index (χ1n) is 11.7. The summed E-state index contributed by atoms with van der Waals surface area (Å²) < 4.78 is 24.3. The molecule has 12 heteroatoms. The fraction of sp³-hybridized carbons (Fsp3) is 0.148. The molecule has 0 aliphatic heterocycles. The summed E-state index contributed by atoms with van der Waals surface area (Å²) in [5, 5.41) is 5.89. The number of nitrogens with one attached hydrogen (secondary N) is 2. The van der Waals surface area contributed by atoms with Crippen molar-refractivity contribution in [1.82, 2.24) is 9.97 Å². The highest BCUT2D eigenvalue weighted by Gasteiger charge is 2.56. The average Bonchev–Trinajstić information content (AvgIpc) is 3.73. The Labute approximate surface area is 226 Å². The zero-order valence-electron chi connectivity index (χ0n) is 20.5. The van der Waals surface area contributed by atoms with Crippen molar-refractivity contribution >= 4 is 51.6 Å². The lowest BCUT2D eigenvalue weighted by Crippen LogP contribution is -2.35. The number of aromatic nitrogens is 2. The predicted octanol–water partition coefficient (Wildman–Crippen LogP) is 4.68. The molecule has 0 bridgehead atoms. The number of nitrogens with two attached hydrogens (primary N) is 1. The van der Waals surface area contributed by atoms with Gasteiger partial charge in [0.2, 0.25) is 17.7 Å². The van der Waals surface area contributed by atoms with Crippen molar-refractivity contribution in [3.05, 3.63) is 77.3 Å². The molecule has 0 radical (unpaired) electrons. The summed E-state index contributed by atoms with van der Waals surface area (Å²) in [5.41, 5.74) is 5.52. The highest BCUT2D eigenvalue weighted by Crippen LogP contribution is 2.47. The zero-order chi connectivity index (χ0) is 27.7. The number of primary amides is 1. The maximum atomic E-state index is 13.1. The summed E-state index contributed by atoms with van der Waals surface area (Å²) in [6.07, 6.45) is 3.58. The van der Waals surface area contributed by atoms with Gasteiger partial charge in [0.15, 0.2) is 0 Å². The number of amides is 3. The number of carbonyl (C=O) groups excluding carboxylic acids is 3. The summed E-state index contributed by atoms with van der Waals surface area (Å²) in [6, 6.07) is 11.4. The molecule has 2 heterocycles. The van der Waals surface area contributed by atoms with Crippen molar-refractivity contribution in [1.29, 1.82) is 0 Å². The molecule has 198 valence electrons. The molecule has 5 rings (SSSR count). The fourth-order valence-electron chi connectivity index (χ4n) is 3.99. The molecule has 0 atom stereocenters. The van der Waals surface area contributed by atoms with Crippen LogP contribution in [0.25, 0.3) is 10.9 Å². The Morgan fingerprint density at radius 1 is 0.974 bits per heavy atom. The molecule has 0 unspecified atom stereocenters. The maximum Gasteiger partial charge on any atom is 0.252 e. The molecule has 1 aliphatic carbocycles. The van der Waals surface area contributed by atoms with E-state index in [2.05, 4.69) is 20.6 Å².